The van der Waals surface area contributed by atoms with Crippen LogP contribution in [-0.4, -0.2) is 15.0 Å². The van der Waals surface area contributed by atoms with Crippen molar-refractivity contribution in [2.75, 3.05) is 0 Å². The van der Waals surface area contributed by atoms with E-state index in [9.17, 15) is 0 Å². The number of hydrogen-bond donors (Lipinski definition) is 0. The Morgan fingerprint density at radius 2 is 0.762 bits per heavy atom. The molecule has 4 heteroatoms. The van der Waals surface area contributed by atoms with Gasteiger partial charge in [-0.3, -0.25) is 0 Å². The third-order valence-electron chi connectivity index (χ3n) is 12.1. The molecule has 0 aliphatic heterocycles. The summed E-state index contributed by atoms with van der Waals surface area (Å²) in [6, 6.07) is 78.5. The molecule has 0 bridgehead atoms. The Balaban J connectivity index is 0.923. The fourth-order valence-corrected chi connectivity index (χ4v) is 8.89. The number of aromatic nitrogens is 3. The van der Waals surface area contributed by atoms with Crippen LogP contribution in [0.3, 0.4) is 0 Å². The van der Waals surface area contributed by atoms with Crippen molar-refractivity contribution in [1.29, 1.82) is 0 Å². The van der Waals surface area contributed by atoms with Gasteiger partial charge in [0.05, 0.1) is 22.6 Å². The van der Waals surface area contributed by atoms with Crippen LogP contribution in [0.5, 0.6) is 0 Å². The number of rotatable bonds is 7. The van der Waals surface area contributed by atoms with Crippen molar-refractivity contribution in [3.05, 3.63) is 224 Å². The first kappa shape index (κ1) is 36.4. The molecule has 0 aliphatic carbocycles. The summed E-state index contributed by atoms with van der Waals surface area (Å²) in [5, 5.41) is 5.45. The third kappa shape index (κ3) is 6.62. The molecule has 0 unspecified atom stereocenters. The van der Waals surface area contributed by atoms with Gasteiger partial charge in [-0.05, 0) is 63.7 Å². The molecule has 0 fully saturated rings. The molecule has 9 aromatic carbocycles. The van der Waals surface area contributed by atoms with E-state index < -0.39 is 0 Å². The average Bonchev–Trinajstić information content (AvgIpc) is 3.76. The molecule has 63 heavy (non-hydrogen) atoms. The lowest BCUT2D eigenvalue weighted by molar-refractivity contribution is 0.673. The average molecular weight is 804 g/mol. The first-order chi connectivity index (χ1) is 31.2. The van der Waals surface area contributed by atoms with Crippen LogP contribution in [0.15, 0.2) is 229 Å². The van der Waals surface area contributed by atoms with Gasteiger partial charge in [-0.15, -0.1) is 0 Å². The predicted octanol–water partition coefficient (Wildman–Crippen LogP) is 15.7. The minimum absolute atomic E-state index is 0.672. The van der Waals surface area contributed by atoms with E-state index in [1.807, 2.05) is 30.3 Å². The van der Waals surface area contributed by atoms with Gasteiger partial charge in [0.1, 0.15) is 11.2 Å². The molecule has 0 saturated carbocycles. The fourth-order valence-electron chi connectivity index (χ4n) is 8.89. The van der Waals surface area contributed by atoms with Crippen LogP contribution in [0.2, 0.25) is 0 Å². The van der Waals surface area contributed by atoms with Crippen LogP contribution < -0.4 is 0 Å². The standard InChI is InChI=1S/C59H37N3O/c1-3-12-38(13-4-1)40-22-28-43(29-23-40)53-37-54(44-30-24-41(25-31-44)39-14-5-2-6-15-39)62-59(61-53)45-32-26-42(27-33-45)46-16-11-17-47(36-46)57-51-35-34-49-48-18-8-10-21-55(48)63-58(49)56(51)50-19-7-9-20-52(50)60-57/h1-37H. The molecule has 0 saturated heterocycles. The summed E-state index contributed by atoms with van der Waals surface area (Å²) >= 11 is 0. The van der Waals surface area contributed by atoms with Crippen LogP contribution in [0, 0.1) is 0 Å². The summed E-state index contributed by atoms with van der Waals surface area (Å²) in [5.41, 5.74) is 16.3. The maximum atomic E-state index is 6.57. The quantitative estimate of drug-likeness (QED) is 0.151. The normalized spacial score (nSPS) is 11.5. The van der Waals surface area contributed by atoms with E-state index in [4.69, 9.17) is 19.4 Å². The van der Waals surface area contributed by atoms with Crippen LogP contribution in [0.25, 0.3) is 122 Å². The Morgan fingerprint density at radius 3 is 1.41 bits per heavy atom. The zero-order chi connectivity index (χ0) is 41.7. The van der Waals surface area contributed by atoms with Crippen LogP contribution in [0.4, 0.5) is 0 Å². The fraction of sp³-hybridized carbons (Fsp3) is 0. The minimum Gasteiger partial charge on any atom is -0.455 e. The Kier molecular flexibility index (Phi) is 8.79. The lowest BCUT2D eigenvalue weighted by Crippen LogP contribution is -1.96. The number of benzene rings is 9. The van der Waals surface area contributed by atoms with Crippen molar-refractivity contribution in [3.63, 3.8) is 0 Å². The van der Waals surface area contributed by atoms with Gasteiger partial charge in [-0.1, -0.05) is 194 Å². The molecule has 0 N–H and O–H groups in total. The number of pyridine rings is 1. The summed E-state index contributed by atoms with van der Waals surface area (Å²) in [6.45, 7) is 0. The number of hydrogen-bond acceptors (Lipinski definition) is 4. The molecule has 0 atom stereocenters. The second-order valence-corrected chi connectivity index (χ2v) is 15.9. The van der Waals surface area contributed by atoms with Crippen LogP contribution in [0.1, 0.15) is 0 Å². The van der Waals surface area contributed by atoms with E-state index in [1.165, 1.54) is 11.1 Å². The highest BCUT2D eigenvalue weighted by atomic mass is 16.3. The topological polar surface area (TPSA) is 51.8 Å². The van der Waals surface area contributed by atoms with E-state index in [1.54, 1.807) is 0 Å². The van der Waals surface area contributed by atoms with Gasteiger partial charge >= 0.3 is 0 Å². The molecule has 4 nitrogen and oxygen atoms in total. The van der Waals surface area contributed by atoms with Crippen LogP contribution in [-0.2, 0) is 0 Å². The second kappa shape index (κ2) is 15.2. The Labute approximate surface area is 364 Å². The number of para-hydroxylation sites is 2. The van der Waals surface area contributed by atoms with E-state index in [2.05, 4.69) is 194 Å². The molecule has 0 radical (unpaired) electrons. The SMILES string of the molecule is c1ccc(-c2ccc(-c3cc(-c4ccc(-c5ccccc5)cc4)nc(-c4ccc(-c5cccc(-c6nc7ccccc7c7c6ccc6c8ccccc8oc67)c5)cc4)n3)cc2)cc1. The predicted molar refractivity (Wildman–Crippen MR) is 260 cm³/mol. The minimum atomic E-state index is 0.672. The van der Waals surface area contributed by atoms with Gasteiger partial charge in [0, 0.05) is 49.2 Å². The highest BCUT2D eigenvalue weighted by Crippen LogP contribution is 2.41. The lowest BCUT2D eigenvalue weighted by Gasteiger charge is -2.12. The number of fused-ring (bicyclic) bond motifs is 7. The summed E-state index contributed by atoms with van der Waals surface area (Å²) in [5.74, 6) is 0.672. The first-order valence-electron chi connectivity index (χ1n) is 21.2. The smallest absolute Gasteiger partial charge is 0.160 e. The molecule has 294 valence electrons. The van der Waals surface area contributed by atoms with Gasteiger partial charge in [-0.25, -0.2) is 15.0 Å². The van der Waals surface area contributed by atoms with E-state index in [-0.39, 0.29) is 0 Å². The van der Waals surface area contributed by atoms with Crippen molar-refractivity contribution in [1.82, 2.24) is 15.0 Å². The van der Waals surface area contributed by atoms with Gasteiger partial charge in [-0.2, -0.15) is 0 Å². The molecule has 0 aliphatic rings. The number of furan rings is 1. The summed E-state index contributed by atoms with van der Waals surface area (Å²) < 4.78 is 6.57. The van der Waals surface area contributed by atoms with E-state index in [0.717, 1.165) is 105 Å². The first-order valence-corrected chi connectivity index (χ1v) is 21.2. The third-order valence-corrected chi connectivity index (χ3v) is 12.1. The maximum Gasteiger partial charge on any atom is 0.160 e. The van der Waals surface area contributed by atoms with Crippen molar-refractivity contribution in [2.24, 2.45) is 0 Å². The highest BCUT2D eigenvalue weighted by molar-refractivity contribution is 6.24. The summed E-state index contributed by atoms with van der Waals surface area (Å²) in [6.07, 6.45) is 0. The van der Waals surface area contributed by atoms with E-state index in [0.29, 0.717) is 5.82 Å². The zero-order valence-corrected chi connectivity index (χ0v) is 34.1. The molecular weight excluding hydrogens is 767 g/mol. The molecule has 3 aromatic heterocycles. The molecule has 12 aromatic rings. The maximum absolute atomic E-state index is 6.57. The van der Waals surface area contributed by atoms with Crippen molar-refractivity contribution in [2.45, 2.75) is 0 Å². The lowest BCUT2D eigenvalue weighted by atomic mass is 9.95. The summed E-state index contributed by atoms with van der Waals surface area (Å²) in [4.78, 5) is 15.6. The summed E-state index contributed by atoms with van der Waals surface area (Å²) in [7, 11) is 0. The van der Waals surface area contributed by atoms with Gasteiger partial charge in [0.15, 0.2) is 5.82 Å². The highest BCUT2D eigenvalue weighted by Gasteiger charge is 2.18. The van der Waals surface area contributed by atoms with Gasteiger partial charge in [0.2, 0.25) is 0 Å². The zero-order valence-electron chi connectivity index (χ0n) is 34.1. The van der Waals surface area contributed by atoms with E-state index >= 15 is 0 Å². The molecule has 0 spiro atoms. The number of nitrogens with zero attached hydrogens (tertiary/aromatic N) is 3. The second-order valence-electron chi connectivity index (χ2n) is 15.9. The monoisotopic (exact) mass is 803 g/mol. The van der Waals surface area contributed by atoms with Crippen molar-refractivity contribution in [3.8, 4) is 78.5 Å². The Bertz CT molecular complexity index is 3530. The molecule has 12 rings (SSSR count). The van der Waals surface area contributed by atoms with Gasteiger partial charge in [0.25, 0.3) is 0 Å². The Hall–Kier alpha value is -8.47. The van der Waals surface area contributed by atoms with Crippen LogP contribution >= 0.6 is 0 Å². The molecular formula is C59H37N3O. The van der Waals surface area contributed by atoms with Crippen molar-refractivity contribution >= 4 is 43.6 Å². The van der Waals surface area contributed by atoms with Gasteiger partial charge < -0.3 is 4.42 Å². The molecule has 3 heterocycles. The molecule has 0 amide bonds. The van der Waals surface area contributed by atoms with Crippen molar-refractivity contribution < 1.29 is 4.42 Å². The largest absolute Gasteiger partial charge is 0.455 e. The Morgan fingerprint density at radius 1 is 0.286 bits per heavy atom.